The van der Waals surface area contributed by atoms with Crippen molar-refractivity contribution in [2.45, 2.75) is 37.0 Å². The Morgan fingerprint density at radius 1 is 1.25 bits per heavy atom. The quantitative estimate of drug-likeness (QED) is 0.533. The molecule has 1 saturated carbocycles. The van der Waals surface area contributed by atoms with E-state index in [4.69, 9.17) is 0 Å². The first kappa shape index (κ1) is 13.2. The fraction of sp³-hybridized carbons (Fsp3) is 0.500. The van der Waals surface area contributed by atoms with Crippen molar-refractivity contribution in [2.24, 2.45) is 0 Å². The van der Waals surface area contributed by atoms with Gasteiger partial charge in [-0.05, 0) is 12.8 Å². The Morgan fingerprint density at radius 2 is 2.10 bits per heavy atom. The van der Waals surface area contributed by atoms with Gasteiger partial charge in [-0.1, -0.05) is 0 Å². The van der Waals surface area contributed by atoms with Crippen molar-refractivity contribution in [3.05, 3.63) is 23.9 Å². The minimum atomic E-state index is -3.65. The van der Waals surface area contributed by atoms with Gasteiger partial charge in [0.25, 0.3) is 10.0 Å². The van der Waals surface area contributed by atoms with Crippen LogP contribution >= 0.6 is 0 Å². The van der Waals surface area contributed by atoms with Gasteiger partial charge in [-0.25, -0.2) is 18.1 Å². The number of nitrogens with zero attached hydrogens (tertiary/aromatic N) is 3. The Hall–Kier alpha value is -1.78. The summed E-state index contributed by atoms with van der Waals surface area (Å²) in [4.78, 5) is 3.86. The Balaban J connectivity index is 1.68. The first-order chi connectivity index (χ1) is 9.65. The summed E-state index contributed by atoms with van der Waals surface area (Å²) in [6.45, 7) is 0.538. The lowest BCUT2D eigenvalue weighted by Crippen LogP contribution is -2.26. The van der Waals surface area contributed by atoms with Crippen LogP contribution in [0.25, 0.3) is 0 Å². The van der Waals surface area contributed by atoms with Crippen LogP contribution in [-0.4, -0.2) is 39.8 Å². The van der Waals surface area contributed by atoms with Crippen molar-refractivity contribution >= 4 is 10.0 Å². The predicted octanol–water partition coefficient (Wildman–Crippen LogP) is -0.742. The summed E-state index contributed by atoms with van der Waals surface area (Å²) in [6.07, 6.45) is 5.14. The molecule has 10 heteroatoms. The molecular formula is C10H15N7O2S. The van der Waals surface area contributed by atoms with E-state index in [-0.39, 0.29) is 11.6 Å². The molecule has 2 heterocycles. The number of aromatic nitrogens is 5. The van der Waals surface area contributed by atoms with E-state index in [1.165, 1.54) is 12.5 Å². The molecular weight excluding hydrogens is 282 g/mol. The van der Waals surface area contributed by atoms with Gasteiger partial charge in [0.2, 0.25) is 0 Å². The first-order valence-electron chi connectivity index (χ1n) is 6.25. The third-order valence-corrected chi connectivity index (χ3v) is 4.42. The van der Waals surface area contributed by atoms with Gasteiger partial charge in [0, 0.05) is 18.2 Å². The molecule has 9 nitrogen and oxygen atoms in total. The van der Waals surface area contributed by atoms with Crippen LogP contribution in [-0.2, 0) is 23.1 Å². The molecule has 3 rings (SSSR count). The third kappa shape index (κ3) is 3.03. The van der Waals surface area contributed by atoms with E-state index >= 15 is 0 Å². The fourth-order valence-corrected chi connectivity index (χ4v) is 2.87. The highest BCUT2D eigenvalue weighted by atomic mass is 32.2. The number of rotatable bonds is 7. The van der Waals surface area contributed by atoms with Crippen molar-refractivity contribution in [2.75, 3.05) is 0 Å². The summed E-state index contributed by atoms with van der Waals surface area (Å²) >= 11 is 0. The van der Waals surface area contributed by atoms with Crippen molar-refractivity contribution in [3.8, 4) is 0 Å². The molecule has 0 saturated heterocycles. The molecule has 1 aliphatic rings. The summed E-state index contributed by atoms with van der Waals surface area (Å²) in [6, 6.07) is 0.502. The molecule has 2 aromatic rings. The van der Waals surface area contributed by atoms with Gasteiger partial charge in [0.15, 0.2) is 5.03 Å². The van der Waals surface area contributed by atoms with E-state index < -0.39 is 10.0 Å². The van der Waals surface area contributed by atoms with Gasteiger partial charge in [0.1, 0.15) is 12.2 Å². The Bertz CT molecular complexity index is 660. The maximum Gasteiger partial charge on any atom is 0.258 e. The largest absolute Gasteiger partial charge is 0.310 e. The number of aromatic amines is 2. The zero-order valence-corrected chi connectivity index (χ0v) is 11.4. The summed E-state index contributed by atoms with van der Waals surface area (Å²) in [5, 5.41) is 15.9. The van der Waals surface area contributed by atoms with E-state index in [2.05, 4.69) is 35.4 Å². The van der Waals surface area contributed by atoms with Crippen LogP contribution in [0, 0.1) is 0 Å². The fourth-order valence-electron chi connectivity index (χ4n) is 1.75. The van der Waals surface area contributed by atoms with E-state index in [0.29, 0.717) is 24.0 Å². The van der Waals surface area contributed by atoms with Crippen LogP contribution in [0.2, 0.25) is 0 Å². The predicted molar refractivity (Wildman–Crippen MR) is 68.9 cm³/mol. The van der Waals surface area contributed by atoms with Crippen molar-refractivity contribution in [1.29, 1.82) is 0 Å². The molecule has 1 aliphatic carbocycles. The second-order valence-corrected chi connectivity index (χ2v) is 6.34. The highest BCUT2D eigenvalue weighted by molar-refractivity contribution is 7.89. The Kier molecular flexibility index (Phi) is 3.51. The average Bonchev–Trinajstić information content (AvgIpc) is 2.94. The zero-order chi connectivity index (χ0) is 14.0. The van der Waals surface area contributed by atoms with Crippen LogP contribution < -0.4 is 10.0 Å². The van der Waals surface area contributed by atoms with Gasteiger partial charge in [-0.3, -0.25) is 10.2 Å². The molecule has 0 aliphatic heterocycles. The minimum Gasteiger partial charge on any atom is -0.310 e. The summed E-state index contributed by atoms with van der Waals surface area (Å²) in [5.74, 6) is 0.450. The number of nitrogens with one attached hydrogen (secondary N) is 4. The van der Waals surface area contributed by atoms with Gasteiger partial charge in [-0.2, -0.15) is 10.2 Å². The standard InChI is InChI=1S/C10H15N7O2S/c18-20(19,15-5-9-12-6-14-16-9)10-7(4-13-17-10)3-11-8-1-2-8/h4,6,8,11,15H,1-3,5H2,(H,13,17)(H,12,14,16). The molecule has 0 spiro atoms. The van der Waals surface area contributed by atoms with Gasteiger partial charge in [-0.15, -0.1) is 0 Å². The van der Waals surface area contributed by atoms with Crippen molar-refractivity contribution < 1.29 is 8.42 Å². The zero-order valence-electron chi connectivity index (χ0n) is 10.6. The molecule has 2 aromatic heterocycles. The second-order valence-electron chi connectivity index (χ2n) is 4.64. The number of H-pyrrole nitrogens is 2. The molecule has 0 unspecified atom stereocenters. The van der Waals surface area contributed by atoms with E-state index in [1.54, 1.807) is 0 Å². The topological polar surface area (TPSA) is 128 Å². The first-order valence-corrected chi connectivity index (χ1v) is 7.73. The van der Waals surface area contributed by atoms with Crippen molar-refractivity contribution in [1.82, 2.24) is 35.4 Å². The van der Waals surface area contributed by atoms with Gasteiger partial charge in [0.05, 0.1) is 12.7 Å². The molecule has 108 valence electrons. The molecule has 0 aromatic carbocycles. The maximum atomic E-state index is 12.2. The van der Waals surface area contributed by atoms with Crippen LogP contribution in [0.1, 0.15) is 24.2 Å². The lowest BCUT2D eigenvalue weighted by atomic mass is 10.3. The second kappa shape index (κ2) is 5.31. The van der Waals surface area contributed by atoms with Crippen molar-refractivity contribution in [3.63, 3.8) is 0 Å². The Labute approximate surface area is 115 Å². The monoisotopic (exact) mass is 297 g/mol. The lowest BCUT2D eigenvalue weighted by Gasteiger charge is -2.06. The molecule has 0 atom stereocenters. The molecule has 0 bridgehead atoms. The SMILES string of the molecule is O=S(=O)(NCc1ncn[nH]1)c1[nH]ncc1CNC1CC1. The van der Waals surface area contributed by atoms with Crippen LogP contribution in [0.5, 0.6) is 0 Å². The molecule has 0 amide bonds. The van der Waals surface area contributed by atoms with E-state index in [9.17, 15) is 8.42 Å². The van der Waals surface area contributed by atoms with Crippen LogP contribution in [0.3, 0.4) is 0 Å². The van der Waals surface area contributed by atoms with E-state index in [0.717, 1.165) is 12.8 Å². The molecule has 0 radical (unpaired) electrons. The molecule has 1 fully saturated rings. The van der Waals surface area contributed by atoms with Crippen LogP contribution in [0.15, 0.2) is 17.6 Å². The smallest absolute Gasteiger partial charge is 0.258 e. The van der Waals surface area contributed by atoms with Gasteiger partial charge >= 0.3 is 0 Å². The third-order valence-electron chi connectivity index (χ3n) is 3.00. The number of hydrogen-bond donors (Lipinski definition) is 4. The average molecular weight is 297 g/mol. The van der Waals surface area contributed by atoms with Gasteiger partial charge < -0.3 is 5.32 Å². The van der Waals surface area contributed by atoms with E-state index in [1.807, 2.05) is 0 Å². The normalized spacial score (nSPS) is 15.6. The summed E-state index contributed by atoms with van der Waals surface area (Å²) in [5.41, 5.74) is 0.627. The number of hydrogen-bond acceptors (Lipinski definition) is 6. The highest BCUT2D eigenvalue weighted by Gasteiger charge is 2.24. The lowest BCUT2D eigenvalue weighted by molar-refractivity contribution is 0.571. The minimum absolute atomic E-state index is 0.0524. The summed E-state index contributed by atoms with van der Waals surface area (Å²) < 4.78 is 26.8. The van der Waals surface area contributed by atoms with Crippen LogP contribution in [0.4, 0.5) is 0 Å². The number of sulfonamides is 1. The maximum absolute atomic E-state index is 12.2. The highest BCUT2D eigenvalue weighted by Crippen LogP contribution is 2.20. The molecule has 20 heavy (non-hydrogen) atoms. The molecule has 4 N–H and O–H groups in total. The summed E-state index contributed by atoms with van der Waals surface area (Å²) in [7, 11) is -3.65. The Morgan fingerprint density at radius 3 is 2.80 bits per heavy atom.